The molecule has 1 aromatic carbocycles. The molecule has 3 rings (SSSR count). The summed E-state index contributed by atoms with van der Waals surface area (Å²) < 4.78 is 7.39. The van der Waals surface area contributed by atoms with Crippen LogP contribution in [0.4, 0.5) is 0 Å². The van der Waals surface area contributed by atoms with Gasteiger partial charge in [0, 0.05) is 11.6 Å². The minimum absolute atomic E-state index is 0.195. The molecule has 0 bridgehead atoms. The fourth-order valence-corrected chi connectivity index (χ4v) is 2.17. The average Bonchev–Trinajstić information content (AvgIpc) is 3.01. The zero-order chi connectivity index (χ0) is 16.9. The summed E-state index contributed by atoms with van der Waals surface area (Å²) in [4.78, 5) is 17.9. The van der Waals surface area contributed by atoms with Crippen molar-refractivity contribution in [2.45, 2.75) is 13.5 Å². The molecule has 2 heterocycles. The van der Waals surface area contributed by atoms with Gasteiger partial charge in [-0.1, -0.05) is 23.9 Å². The lowest BCUT2D eigenvalue weighted by molar-refractivity contribution is 0.354. The van der Waals surface area contributed by atoms with E-state index in [2.05, 4.69) is 26.9 Å². The molecule has 0 aliphatic heterocycles. The molecule has 2 aromatic heterocycles. The zero-order valence-corrected chi connectivity index (χ0v) is 13.3. The number of nitrogens with zero attached hydrogens (tertiary/aromatic N) is 4. The summed E-state index contributed by atoms with van der Waals surface area (Å²) in [5.41, 5.74) is 2.90. The molecule has 0 radical (unpaired) electrons. The van der Waals surface area contributed by atoms with Crippen LogP contribution in [0, 0.1) is 0 Å². The molecule has 3 aromatic rings. The van der Waals surface area contributed by atoms with E-state index in [-0.39, 0.29) is 5.56 Å². The van der Waals surface area contributed by atoms with Gasteiger partial charge in [-0.25, -0.2) is 9.67 Å². The van der Waals surface area contributed by atoms with Gasteiger partial charge < -0.3 is 9.72 Å². The van der Waals surface area contributed by atoms with Crippen LogP contribution in [-0.2, 0) is 6.54 Å². The average molecular weight is 323 g/mol. The molecule has 7 heteroatoms. The molecule has 24 heavy (non-hydrogen) atoms. The topological polar surface area (TPSA) is 85.7 Å². The molecule has 0 saturated heterocycles. The standard InChI is InChI=1S/C17H17N5O2/c1-12(2)10-24-16-6-4-3-5-14(16)15-9-22(21-20-15)8-13-7-17(23)19-11-18-13/h3-7,9,11H,1,8,10H2,2H3,(H,18,19,23). The van der Waals surface area contributed by atoms with Gasteiger partial charge in [-0.05, 0) is 24.6 Å². The van der Waals surface area contributed by atoms with E-state index in [1.54, 1.807) is 10.9 Å². The molecule has 0 saturated carbocycles. The highest BCUT2D eigenvalue weighted by molar-refractivity contribution is 5.66. The third-order valence-corrected chi connectivity index (χ3v) is 3.23. The van der Waals surface area contributed by atoms with Gasteiger partial charge >= 0.3 is 0 Å². The largest absolute Gasteiger partial charge is 0.489 e. The Morgan fingerprint density at radius 2 is 2.21 bits per heavy atom. The van der Waals surface area contributed by atoms with Crippen LogP contribution in [0.15, 0.2) is 59.8 Å². The highest BCUT2D eigenvalue weighted by Crippen LogP contribution is 2.28. The van der Waals surface area contributed by atoms with Gasteiger partial charge in [-0.15, -0.1) is 5.10 Å². The molecule has 7 nitrogen and oxygen atoms in total. The molecular formula is C17H17N5O2. The molecule has 0 spiro atoms. The number of hydrogen-bond donors (Lipinski definition) is 1. The SMILES string of the molecule is C=C(C)COc1ccccc1-c1cn(Cc2cc(=O)[nH]cn2)nn1. The van der Waals surface area contributed by atoms with Crippen molar-refractivity contribution >= 4 is 0 Å². The van der Waals surface area contributed by atoms with E-state index in [1.165, 1.54) is 12.4 Å². The second-order valence-corrected chi connectivity index (χ2v) is 5.45. The number of ether oxygens (including phenoxy) is 1. The molecule has 1 N–H and O–H groups in total. The Hall–Kier alpha value is -3.22. The Bertz CT molecular complexity index is 913. The second kappa shape index (κ2) is 6.91. The van der Waals surface area contributed by atoms with E-state index in [0.717, 1.165) is 16.9 Å². The van der Waals surface area contributed by atoms with Crippen molar-refractivity contribution in [3.05, 3.63) is 71.1 Å². The van der Waals surface area contributed by atoms with Crippen molar-refractivity contribution < 1.29 is 4.74 Å². The first-order valence-electron chi connectivity index (χ1n) is 7.42. The Kier molecular flexibility index (Phi) is 4.51. The molecule has 122 valence electrons. The Labute approximate surface area is 138 Å². The van der Waals surface area contributed by atoms with E-state index < -0.39 is 0 Å². The van der Waals surface area contributed by atoms with Crippen LogP contribution in [0.1, 0.15) is 12.6 Å². The van der Waals surface area contributed by atoms with E-state index in [1.807, 2.05) is 31.2 Å². The number of aromatic amines is 1. The maximum absolute atomic E-state index is 11.3. The summed E-state index contributed by atoms with van der Waals surface area (Å²) in [6.07, 6.45) is 3.17. The highest BCUT2D eigenvalue weighted by Gasteiger charge is 2.10. The maximum Gasteiger partial charge on any atom is 0.250 e. The quantitative estimate of drug-likeness (QED) is 0.702. The molecule has 0 aliphatic rings. The Morgan fingerprint density at radius 3 is 3.00 bits per heavy atom. The fraction of sp³-hybridized carbons (Fsp3) is 0.176. The molecular weight excluding hydrogens is 306 g/mol. The van der Waals surface area contributed by atoms with E-state index in [4.69, 9.17) is 4.74 Å². The summed E-state index contributed by atoms with van der Waals surface area (Å²) >= 11 is 0. The van der Waals surface area contributed by atoms with Gasteiger partial charge in [-0.2, -0.15) is 0 Å². The van der Waals surface area contributed by atoms with Crippen molar-refractivity contribution in [3.8, 4) is 17.0 Å². The van der Waals surface area contributed by atoms with E-state index in [0.29, 0.717) is 24.5 Å². The number of hydrogen-bond acceptors (Lipinski definition) is 5. The first-order valence-corrected chi connectivity index (χ1v) is 7.42. The van der Waals surface area contributed by atoms with Crippen LogP contribution in [0.2, 0.25) is 0 Å². The number of rotatable bonds is 6. The van der Waals surface area contributed by atoms with Crippen molar-refractivity contribution in [2.75, 3.05) is 6.61 Å². The van der Waals surface area contributed by atoms with Gasteiger partial charge in [0.1, 0.15) is 18.1 Å². The molecule has 0 fully saturated rings. The zero-order valence-electron chi connectivity index (χ0n) is 13.3. The number of aromatic nitrogens is 5. The lowest BCUT2D eigenvalue weighted by atomic mass is 10.1. The molecule has 0 aliphatic carbocycles. The smallest absolute Gasteiger partial charge is 0.250 e. The number of nitrogens with one attached hydrogen (secondary N) is 1. The number of H-pyrrole nitrogens is 1. The fourth-order valence-electron chi connectivity index (χ4n) is 2.17. The minimum Gasteiger partial charge on any atom is -0.489 e. The van der Waals surface area contributed by atoms with Gasteiger partial charge in [-0.3, -0.25) is 4.79 Å². The molecule has 0 unspecified atom stereocenters. The summed E-state index contributed by atoms with van der Waals surface area (Å²) in [5.74, 6) is 0.724. The highest BCUT2D eigenvalue weighted by atomic mass is 16.5. The Morgan fingerprint density at radius 1 is 1.38 bits per heavy atom. The number of benzene rings is 1. The third-order valence-electron chi connectivity index (χ3n) is 3.23. The number of para-hydroxylation sites is 1. The second-order valence-electron chi connectivity index (χ2n) is 5.45. The molecule has 0 atom stereocenters. The van der Waals surface area contributed by atoms with Gasteiger partial charge in [0.05, 0.1) is 24.8 Å². The maximum atomic E-state index is 11.3. The van der Waals surface area contributed by atoms with Gasteiger partial charge in [0.25, 0.3) is 5.56 Å². The predicted molar refractivity (Wildman–Crippen MR) is 89.7 cm³/mol. The summed E-state index contributed by atoms with van der Waals surface area (Å²) in [7, 11) is 0. The van der Waals surface area contributed by atoms with E-state index in [9.17, 15) is 4.79 Å². The van der Waals surface area contributed by atoms with Gasteiger partial charge in [0.2, 0.25) is 0 Å². The van der Waals surface area contributed by atoms with E-state index >= 15 is 0 Å². The van der Waals surface area contributed by atoms with Crippen LogP contribution in [0.3, 0.4) is 0 Å². The summed E-state index contributed by atoms with van der Waals surface area (Å²) in [6.45, 7) is 6.56. The Balaban J connectivity index is 1.83. The van der Waals surface area contributed by atoms with Crippen LogP contribution in [-0.4, -0.2) is 31.6 Å². The third kappa shape index (κ3) is 3.75. The van der Waals surface area contributed by atoms with Crippen molar-refractivity contribution in [1.82, 2.24) is 25.0 Å². The first kappa shape index (κ1) is 15.7. The minimum atomic E-state index is -0.195. The predicted octanol–water partition coefficient (Wildman–Crippen LogP) is 2.03. The van der Waals surface area contributed by atoms with Crippen molar-refractivity contribution in [2.24, 2.45) is 0 Å². The van der Waals surface area contributed by atoms with Crippen molar-refractivity contribution in [3.63, 3.8) is 0 Å². The van der Waals surface area contributed by atoms with Crippen LogP contribution in [0.5, 0.6) is 5.75 Å². The monoisotopic (exact) mass is 323 g/mol. The van der Waals surface area contributed by atoms with Crippen LogP contribution >= 0.6 is 0 Å². The van der Waals surface area contributed by atoms with Crippen LogP contribution in [0.25, 0.3) is 11.3 Å². The van der Waals surface area contributed by atoms with Crippen LogP contribution < -0.4 is 10.3 Å². The lowest BCUT2D eigenvalue weighted by Crippen LogP contribution is -2.10. The molecule has 0 amide bonds. The van der Waals surface area contributed by atoms with Crippen molar-refractivity contribution in [1.29, 1.82) is 0 Å². The summed E-state index contributed by atoms with van der Waals surface area (Å²) in [6, 6.07) is 9.07. The first-order chi connectivity index (χ1) is 11.6. The summed E-state index contributed by atoms with van der Waals surface area (Å²) in [5, 5.41) is 8.28. The van der Waals surface area contributed by atoms with Gasteiger partial charge in [0.15, 0.2) is 0 Å². The normalized spacial score (nSPS) is 10.5. The lowest BCUT2D eigenvalue weighted by Gasteiger charge is -2.09.